The van der Waals surface area contributed by atoms with Crippen LogP contribution >= 0.6 is 12.4 Å². The highest BCUT2D eigenvalue weighted by Crippen LogP contribution is 2.00. The van der Waals surface area contributed by atoms with Crippen molar-refractivity contribution in [3.05, 3.63) is 12.2 Å². The van der Waals surface area contributed by atoms with Crippen LogP contribution in [-0.4, -0.2) is 19.1 Å². The molecule has 0 aromatic carbocycles. The average molecular weight is 222 g/mol. The molecule has 3 nitrogen and oxygen atoms in total. The fourth-order valence-corrected chi connectivity index (χ4v) is 0.888. The Balaban J connectivity index is 0. The Morgan fingerprint density at radius 3 is 2.36 bits per heavy atom. The van der Waals surface area contributed by atoms with Gasteiger partial charge in [0.05, 0.1) is 6.61 Å². The minimum Gasteiger partial charge on any atom is -0.462 e. The van der Waals surface area contributed by atoms with Crippen LogP contribution in [0.1, 0.15) is 32.6 Å². The summed E-state index contributed by atoms with van der Waals surface area (Å²) in [6.07, 6.45) is 4.15. The van der Waals surface area contributed by atoms with Gasteiger partial charge in [-0.2, -0.15) is 0 Å². The summed E-state index contributed by atoms with van der Waals surface area (Å²) in [6, 6.07) is 0. The molecule has 0 amide bonds. The van der Waals surface area contributed by atoms with Crippen molar-refractivity contribution in [3.8, 4) is 0 Å². The van der Waals surface area contributed by atoms with Crippen molar-refractivity contribution < 1.29 is 9.53 Å². The molecule has 0 spiro atoms. The molecule has 0 aliphatic carbocycles. The lowest BCUT2D eigenvalue weighted by molar-refractivity contribution is -0.139. The van der Waals surface area contributed by atoms with E-state index in [1.54, 1.807) is 6.92 Å². The highest BCUT2D eigenvalue weighted by atomic mass is 35.5. The van der Waals surface area contributed by atoms with Gasteiger partial charge in [-0.3, -0.25) is 0 Å². The van der Waals surface area contributed by atoms with Gasteiger partial charge in [-0.05, 0) is 26.3 Å². The van der Waals surface area contributed by atoms with E-state index in [4.69, 9.17) is 10.5 Å². The quantitative estimate of drug-likeness (QED) is 0.407. The van der Waals surface area contributed by atoms with Crippen LogP contribution in [0, 0.1) is 0 Å². The van der Waals surface area contributed by atoms with Crippen LogP contribution in [-0.2, 0) is 9.53 Å². The predicted molar refractivity (Wildman–Crippen MR) is 60.5 cm³/mol. The van der Waals surface area contributed by atoms with Gasteiger partial charge in [-0.1, -0.05) is 19.4 Å². The van der Waals surface area contributed by atoms with E-state index in [1.807, 2.05) is 0 Å². The maximum absolute atomic E-state index is 10.9. The van der Waals surface area contributed by atoms with E-state index in [9.17, 15) is 4.79 Å². The maximum Gasteiger partial charge on any atom is 0.333 e. The average Bonchev–Trinajstić information content (AvgIpc) is 2.10. The summed E-state index contributed by atoms with van der Waals surface area (Å²) < 4.78 is 4.91. The SMILES string of the molecule is C=C(C)C(=O)OCCCCCCN.Cl. The number of nitrogens with two attached hydrogens (primary N) is 1. The molecule has 0 aromatic heterocycles. The summed E-state index contributed by atoms with van der Waals surface area (Å²) in [5.41, 5.74) is 5.79. The Morgan fingerprint density at radius 1 is 1.29 bits per heavy atom. The number of ether oxygens (including phenoxy) is 1. The van der Waals surface area contributed by atoms with Gasteiger partial charge in [0.15, 0.2) is 0 Å². The lowest BCUT2D eigenvalue weighted by atomic mass is 10.2. The van der Waals surface area contributed by atoms with E-state index in [-0.39, 0.29) is 18.4 Å². The second-order valence-electron chi connectivity index (χ2n) is 3.12. The molecule has 0 radical (unpaired) electrons. The van der Waals surface area contributed by atoms with Crippen molar-refractivity contribution >= 4 is 18.4 Å². The second kappa shape index (κ2) is 10.5. The van der Waals surface area contributed by atoms with E-state index >= 15 is 0 Å². The van der Waals surface area contributed by atoms with Crippen LogP contribution in [0.4, 0.5) is 0 Å². The van der Waals surface area contributed by atoms with Crippen molar-refractivity contribution in [2.45, 2.75) is 32.6 Å². The second-order valence-corrected chi connectivity index (χ2v) is 3.12. The summed E-state index contributed by atoms with van der Waals surface area (Å²) in [4.78, 5) is 10.9. The highest BCUT2D eigenvalue weighted by Gasteiger charge is 2.01. The first kappa shape index (κ1) is 15.9. The molecule has 0 fully saturated rings. The van der Waals surface area contributed by atoms with E-state index in [0.717, 1.165) is 32.2 Å². The molecule has 4 heteroatoms. The molecule has 0 aliphatic heterocycles. The zero-order valence-corrected chi connectivity index (χ0v) is 9.57. The summed E-state index contributed by atoms with van der Waals surface area (Å²) in [7, 11) is 0. The van der Waals surface area contributed by atoms with Gasteiger partial charge in [-0.25, -0.2) is 4.79 Å². The zero-order valence-electron chi connectivity index (χ0n) is 8.75. The Labute approximate surface area is 92.1 Å². The van der Waals surface area contributed by atoms with Crippen molar-refractivity contribution in [1.82, 2.24) is 0 Å². The van der Waals surface area contributed by atoms with E-state index in [0.29, 0.717) is 12.2 Å². The number of hydrogen-bond donors (Lipinski definition) is 1. The lowest BCUT2D eigenvalue weighted by Crippen LogP contribution is -2.06. The molecule has 0 unspecified atom stereocenters. The van der Waals surface area contributed by atoms with Gasteiger partial charge in [0, 0.05) is 5.57 Å². The third-order valence-corrected chi connectivity index (χ3v) is 1.68. The number of rotatable bonds is 7. The van der Waals surface area contributed by atoms with Crippen molar-refractivity contribution in [3.63, 3.8) is 0 Å². The van der Waals surface area contributed by atoms with Crippen molar-refractivity contribution in [1.29, 1.82) is 0 Å². The molecule has 0 rings (SSSR count). The van der Waals surface area contributed by atoms with E-state index in [2.05, 4.69) is 6.58 Å². The van der Waals surface area contributed by atoms with Gasteiger partial charge in [0.1, 0.15) is 0 Å². The van der Waals surface area contributed by atoms with Crippen LogP contribution in [0.2, 0.25) is 0 Å². The Hall–Kier alpha value is -0.540. The fourth-order valence-electron chi connectivity index (χ4n) is 0.888. The first-order chi connectivity index (χ1) is 6.18. The zero-order chi connectivity index (χ0) is 10.1. The standard InChI is InChI=1S/C10H19NO2.ClH/c1-9(2)10(12)13-8-6-4-3-5-7-11;/h1,3-8,11H2,2H3;1H. The van der Waals surface area contributed by atoms with Crippen molar-refractivity contribution in [2.24, 2.45) is 5.73 Å². The van der Waals surface area contributed by atoms with Gasteiger partial charge in [-0.15, -0.1) is 12.4 Å². The van der Waals surface area contributed by atoms with Crippen LogP contribution in [0.15, 0.2) is 12.2 Å². The minimum absolute atomic E-state index is 0. The van der Waals surface area contributed by atoms with Gasteiger partial charge in [0.25, 0.3) is 0 Å². The summed E-state index contributed by atoms with van der Waals surface area (Å²) in [5.74, 6) is -0.293. The minimum atomic E-state index is -0.293. The Bertz CT molecular complexity index is 172. The Morgan fingerprint density at radius 2 is 1.86 bits per heavy atom. The molecule has 0 atom stereocenters. The first-order valence-electron chi connectivity index (χ1n) is 4.71. The molecule has 0 aliphatic rings. The topological polar surface area (TPSA) is 52.3 Å². The number of unbranched alkanes of at least 4 members (excludes halogenated alkanes) is 3. The highest BCUT2D eigenvalue weighted by molar-refractivity contribution is 5.86. The van der Waals surface area contributed by atoms with Crippen LogP contribution < -0.4 is 5.73 Å². The van der Waals surface area contributed by atoms with Gasteiger partial charge >= 0.3 is 5.97 Å². The molecule has 84 valence electrons. The van der Waals surface area contributed by atoms with Gasteiger partial charge < -0.3 is 10.5 Å². The normalized spacial score (nSPS) is 9.00. The van der Waals surface area contributed by atoms with E-state index in [1.165, 1.54) is 0 Å². The number of carbonyl (C=O) groups is 1. The predicted octanol–water partition coefficient (Wildman–Crippen LogP) is 2.05. The smallest absolute Gasteiger partial charge is 0.333 e. The monoisotopic (exact) mass is 221 g/mol. The molecular weight excluding hydrogens is 202 g/mol. The lowest BCUT2D eigenvalue weighted by Gasteiger charge is -2.03. The number of carbonyl (C=O) groups excluding carboxylic acids is 1. The molecule has 0 aromatic rings. The molecule has 0 heterocycles. The molecule has 0 saturated heterocycles. The fraction of sp³-hybridized carbons (Fsp3) is 0.700. The Kier molecular flexibility index (Phi) is 12.0. The maximum atomic E-state index is 10.9. The largest absolute Gasteiger partial charge is 0.462 e. The number of hydrogen-bond acceptors (Lipinski definition) is 3. The number of esters is 1. The van der Waals surface area contributed by atoms with E-state index < -0.39 is 0 Å². The molecule has 0 saturated carbocycles. The first-order valence-corrected chi connectivity index (χ1v) is 4.71. The summed E-state index contributed by atoms with van der Waals surface area (Å²) >= 11 is 0. The third-order valence-electron chi connectivity index (χ3n) is 1.68. The molecule has 2 N–H and O–H groups in total. The molecule has 14 heavy (non-hydrogen) atoms. The van der Waals surface area contributed by atoms with Crippen LogP contribution in [0.3, 0.4) is 0 Å². The van der Waals surface area contributed by atoms with Crippen LogP contribution in [0.5, 0.6) is 0 Å². The summed E-state index contributed by atoms with van der Waals surface area (Å²) in [5, 5.41) is 0. The van der Waals surface area contributed by atoms with Gasteiger partial charge in [0.2, 0.25) is 0 Å². The van der Waals surface area contributed by atoms with Crippen molar-refractivity contribution in [2.75, 3.05) is 13.2 Å². The number of halogens is 1. The summed E-state index contributed by atoms with van der Waals surface area (Å²) in [6.45, 7) is 6.38. The van der Waals surface area contributed by atoms with Crippen LogP contribution in [0.25, 0.3) is 0 Å². The molecular formula is C10H20ClNO2. The molecule has 0 bridgehead atoms. The third kappa shape index (κ3) is 9.55.